The molecule has 420 valence electrons. The molecular weight excluding hydrogens is 1120 g/mol. The smallest absolute Gasteiger partial charge is 0.332 e. The highest BCUT2D eigenvalue weighted by atomic mass is 79.9. The lowest BCUT2D eigenvalue weighted by atomic mass is 10.2. The summed E-state index contributed by atoms with van der Waals surface area (Å²) in [6, 6.07) is 26.6. The zero-order valence-corrected chi connectivity index (χ0v) is 48.7. The Hall–Kier alpha value is -6.06. The first-order valence-electron chi connectivity index (χ1n) is 27.0. The molecule has 0 spiro atoms. The van der Waals surface area contributed by atoms with Crippen LogP contribution in [-0.4, -0.2) is 92.1 Å². The van der Waals surface area contributed by atoms with Crippen LogP contribution in [0.15, 0.2) is 104 Å². The third-order valence-corrected chi connectivity index (χ3v) is 14.6. The summed E-state index contributed by atoms with van der Waals surface area (Å²) < 4.78 is 30.4. The number of nitrogens with zero attached hydrogens (tertiary/aromatic N) is 9. The molecule has 0 radical (unpaired) electrons. The van der Waals surface area contributed by atoms with Gasteiger partial charge in [0.2, 0.25) is 0 Å². The number of fused-ring (bicyclic) bond motifs is 2. The molecule has 79 heavy (non-hydrogen) atoms. The van der Waals surface area contributed by atoms with Gasteiger partial charge in [0.15, 0.2) is 34.9 Å². The molecule has 0 bridgehead atoms. The van der Waals surface area contributed by atoms with Crippen LogP contribution in [0.4, 0.5) is 0 Å². The molecule has 2 saturated heterocycles. The van der Waals surface area contributed by atoms with E-state index in [9.17, 15) is 19.2 Å². The number of pyridine rings is 2. The number of aromatic amines is 1. The van der Waals surface area contributed by atoms with E-state index in [2.05, 4.69) is 30.9 Å². The van der Waals surface area contributed by atoms with Crippen molar-refractivity contribution in [1.29, 1.82) is 0 Å². The van der Waals surface area contributed by atoms with Crippen molar-refractivity contribution in [2.75, 3.05) is 31.8 Å². The number of H-pyrrole nitrogens is 1. The summed E-state index contributed by atoms with van der Waals surface area (Å²) >= 11 is 16.4. The van der Waals surface area contributed by atoms with Gasteiger partial charge in [-0.05, 0) is 128 Å². The van der Waals surface area contributed by atoms with Gasteiger partial charge < -0.3 is 28.1 Å². The number of hydrogen-bond acceptors (Lipinski definition) is 12. The van der Waals surface area contributed by atoms with E-state index in [0.29, 0.717) is 88.1 Å². The maximum Gasteiger partial charge on any atom is 0.332 e. The van der Waals surface area contributed by atoms with E-state index in [4.69, 9.17) is 52.1 Å². The molecule has 21 heteroatoms. The maximum atomic E-state index is 14.0. The second-order valence-electron chi connectivity index (χ2n) is 20.1. The Labute approximate surface area is 476 Å². The van der Waals surface area contributed by atoms with Crippen LogP contribution in [-0.2, 0) is 38.6 Å². The molecule has 8 aromatic rings. The van der Waals surface area contributed by atoms with Crippen molar-refractivity contribution in [2.45, 2.75) is 137 Å². The lowest BCUT2D eigenvalue weighted by molar-refractivity contribution is -0.163. The summed E-state index contributed by atoms with van der Waals surface area (Å²) in [5.74, 6) is 0.986. The van der Waals surface area contributed by atoms with Crippen molar-refractivity contribution in [3.63, 3.8) is 0 Å². The van der Waals surface area contributed by atoms with Crippen LogP contribution < -0.4 is 22.5 Å². The highest BCUT2D eigenvalue weighted by Gasteiger charge is 2.27. The quantitative estimate of drug-likeness (QED) is 0.0515. The number of hydrogen-bond donors (Lipinski definition) is 1. The number of alkyl halides is 1. The molecule has 6 aromatic heterocycles. The molecule has 0 aliphatic carbocycles. The number of ether oxygens (including phenoxy) is 4. The van der Waals surface area contributed by atoms with E-state index in [1.54, 1.807) is 9.13 Å². The SMILES string of the molecule is BrCCCOC1CCCCO1.Cc1ccc(-c2nc3c(c(=O)[nH]c(=O)n3C(C)C)n2Cc2ccccc2)c(Cl)n1.Cc1ccc(-c2nc3c(c(=O)n(CCCOC4CCCCO4)c(=O)n3C(C)C)n2Cc2ccccc2)c(Cl)n1. The third-order valence-electron chi connectivity index (χ3n) is 13.4. The van der Waals surface area contributed by atoms with Gasteiger partial charge in [0.25, 0.3) is 11.1 Å². The first-order valence-corrected chi connectivity index (χ1v) is 28.9. The molecule has 2 fully saturated rings. The van der Waals surface area contributed by atoms with E-state index in [-0.39, 0.29) is 42.5 Å². The monoisotopic (exact) mass is 1180 g/mol. The fourth-order valence-electron chi connectivity index (χ4n) is 9.57. The minimum atomic E-state index is -0.485. The second-order valence-corrected chi connectivity index (χ2v) is 21.6. The van der Waals surface area contributed by atoms with E-state index >= 15 is 0 Å². The first kappa shape index (κ1) is 59.1. The Morgan fingerprint density at radius 3 is 1.56 bits per heavy atom. The summed E-state index contributed by atoms with van der Waals surface area (Å²) in [6.07, 6.45) is 7.95. The van der Waals surface area contributed by atoms with Gasteiger partial charge in [-0.3, -0.25) is 28.3 Å². The van der Waals surface area contributed by atoms with E-state index < -0.39 is 11.2 Å². The molecule has 2 aliphatic heterocycles. The number of halogens is 3. The van der Waals surface area contributed by atoms with Crippen LogP contribution in [0.3, 0.4) is 0 Å². The van der Waals surface area contributed by atoms with Crippen molar-refractivity contribution < 1.29 is 18.9 Å². The molecule has 8 heterocycles. The van der Waals surface area contributed by atoms with Gasteiger partial charge >= 0.3 is 11.4 Å². The van der Waals surface area contributed by atoms with Crippen LogP contribution in [0.5, 0.6) is 0 Å². The highest BCUT2D eigenvalue weighted by molar-refractivity contribution is 9.09. The van der Waals surface area contributed by atoms with E-state index in [0.717, 1.165) is 73.2 Å². The van der Waals surface area contributed by atoms with E-state index in [1.165, 1.54) is 22.0 Å². The Morgan fingerprint density at radius 2 is 1.10 bits per heavy atom. The zero-order valence-electron chi connectivity index (χ0n) is 45.6. The second kappa shape index (κ2) is 27.9. The first-order chi connectivity index (χ1) is 38.1. The maximum absolute atomic E-state index is 14.0. The van der Waals surface area contributed by atoms with Crippen LogP contribution in [0.1, 0.15) is 114 Å². The van der Waals surface area contributed by atoms with Gasteiger partial charge in [-0.25, -0.2) is 29.5 Å². The lowest BCUT2D eigenvalue weighted by Crippen LogP contribution is -2.41. The van der Waals surface area contributed by atoms with Gasteiger partial charge in [0.1, 0.15) is 22.0 Å². The summed E-state index contributed by atoms with van der Waals surface area (Å²) in [5.41, 5.74) is 4.36. The lowest BCUT2D eigenvalue weighted by Gasteiger charge is -2.22. The molecule has 0 amide bonds. The number of imidazole rings is 2. The molecular formula is C58H69BrCl2N10O8. The average molecular weight is 1190 g/mol. The molecule has 2 aliphatic rings. The van der Waals surface area contributed by atoms with Crippen molar-refractivity contribution in [3.05, 3.63) is 159 Å². The molecule has 2 atom stereocenters. The number of aromatic nitrogens is 10. The summed E-state index contributed by atoms with van der Waals surface area (Å²) in [6.45, 7) is 15.1. The Balaban J connectivity index is 0.000000179. The number of nitrogens with one attached hydrogen (secondary N) is 1. The minimum absolute atomic E-state index is 0.0859. The summed E-state index contributed by atoms with van der Waals surface area (Å²) in [5, 5.41) is 1.60. The normalized spacial score (nSPS) is 15.6. The van der Waals surface area contributed by atoms with Crippen molar-refractivity contribution in [3.8, 4) is 22.8 Å². The van der Waals surface area contributed by atoms with Crippen molar-refractivity contribution >= 4 is 61.5 Å². The summed E-state index contributed by atoms with van der Waals surface area (Å²) in [4.78, 5) is 73.6. The molecule has 2 aromatic carbocycles. The number of benzene rings is 2. The standard InChI is InChI=1S/C29H34ClN5O4.C21H20ClN5O2.C8H15BrO2/c1-19(2)35-27-24(28(36)33(29(35)37)15-9-17-39-23-12-7-8-16-38-23)34(18-21-10-5-4-6-11-21)26(32-27)22-14-13-20(3)31-25(22)30;1-12(2)27-19-16(20(28)25-21(27)29)26(11-14-7-5-4-6-8-14)18(24-19)15-10-9-13(3)23-17(15)22;9-5-3-7-11-8-4-1-2-6-10-8/h4-6,10-11,13-14,19,23H,7-9,12,15-18H2,1-3H3;4-10,12H,11H2,1-3H3,(H,25,28,29);8H,1-7H2. The van der Waals surface area contributed by atoms with Gasteiger partial charge in [0, 0.05) is 61.6 Å². The van der Waals surface area contributed by atoms with Crippen LogP contribution in [0.2, 0.25) is 10.3 Å². The fraction of sp³-hybridized carbons (Fsp3) is 0.448. The topological polar surface area (TPSA) is 197 Å². The Bertz CT molecular complexity index is 3570. The molecule has 0 saturated carbocycles. The van der Waals surface area contributed by atoms with Gasteiger partial charge in [0.05, 0.1) is 24.3 Å². The largest absolute Gasteiger partial charge is 0.353 e. The molecule has 1 N–H and O–H groups in total. The summed E-state index contributed by atoms with van der Waals surface area (Å²) in [7, 11) is 0. The average Bonchev–Trinajstić information content (AvgIpc) is 3.95. The zero-order chi connectivity index (χ0) is 56.2. The van der Waals surface area contributed by atoms with Crippen molar-refractivity contribution in [1.82, 2.24) is 47.8 Å². The molecule has 2 unspecified atom stereocenters. The van der Waals surface area contributed by atoms with Gasteiger partial charge in [-0.15, -0.1) is 0 Å². The minimum Gasteiger partial charge on any atom is -0.353 e. The van der Waals surface area contributed by atoms with Crippen LogP contribution in [0, 0.1) is 13.8 Å². The predicted molar refractivity (Wildman–Crippen MR) is 313 cm³/mol. The number of aryl methyl sites for hydroxylation is 2. The third kappa shape index (κ3) is 14.5. The van der Waals surface area contributed by atoms with Crippen LogP contribution >= 0.6 is 39.1 Å². The van der Waals surface area contributed by atoms with Crippen molar-refractivity contribution in [2.24, 2.45) is 0 Å². The molecule has 18 nitrogen and oxygen atoms in total. The predicted octanol–water partition coefficient (Wildman–Crippen LogP) is 10.8. The van der Waals surface area contributed by atoms with E-state index in [1.807, 2.05) is 131 Å². The molecule has 10 rings (SSSR count). The Morgan fingerprint density at radius 1 is 0.620 bits per heavy atom. The highest BCUT2D eigenvalue weighted by Crippen LogP contribution is 2.32. The Kier molecular flexibility index (Phi) is 20.9. The van der Waals surface area contributed by atoms with Gasteiger partial charge in [-0.1, -0.05) is 99.8 Å². The van der Waals surface area contributed by atoms with Crippen LogP contribution in [0.25, 0.3) is 45.1 Å². The fourth-order valence-corrected chi connectivity index (χ4v) is 10.4. The van der Waals surface area contributed by atoms with Gasteiger partial charge in [-0.2, -0.15) is 0 Å². The number of rotatable bonds is 17.